The standard InChI is InChI=1S/C12H22N2/c1-4-12(13-2)9-7-10-5-6-11(8-9)14(10)3/h4,9-13H,1,5-8H2,2-3H3. The molecule has 80 valence electrons. The molecule has 2 bridgehead atoms. The van der Waals surface area contributed by atoms with Crippen molar-refractivity contribution >= 4 is 0 Å². The lowest BCUT2D eigenvalue weighted by atomic mass is 9.85. The van der Waals surface area contributed by atoms with E-state index in [4.69, 9.17) is 0 Å². The first kappa shape index (κ1) is 10.2. The zero-order valence-corrected chi connectivity index (χ0v) is 9.37. The maximum absolute atomic E-state index is 3.92. The van der Waals surface area contributed by atoms with E-state index in [2.05, 4.69) is 29.9 Å². The Morgan fingerprint density at radius 2 is 1.93 bits per heavy atom. The Balaban J connectivity index is 2.01. The molecule has 3 unspecified atom stereocenters. The Bertz CT molecular complexity index is 200. The van der Waals surface area contributed by atoms with Crippen molar-refractivity contribution in [1.29, 1.82) is 0 Å². The molecule has 2 aliphatic heterocycles. The zero-order valence-electron chi connectivity index (χ0n) is 9.37. The van der Waals surface area contributed by atoms with Gasteiger partial charge in [0.25, 0.3) is 0 Å². The maximum Gasteiger partial charge on any atom is 0.0274 e. The summed E-state index contributed by atoms with van der Waals surface area (Å²) in [5.41, 5.74) is 0. The van der Waals surface area contributed by atoms with Crippen molar-refractivity contribution in [1.82, 2.24) is 10.2 Å². The summed E-state index contributed by atoms with van der Waals surface area (Å²) >= 11 is 0. The van der Waals surface area contributed by atoms with E-state index in [9.17, 15) is 0 Å². The molecular formula is C12H22N2. The van der Waals surface area contributed by atoms with E-state index in [1.807, 2.05) is 7.05 Å². The molecule has 2 saturated heterocycles. The minimum atomic E-state index is 0.520. The molecule has 0 aromatic carbocycles. The van der Waals surface area contributed by atoms with Gasteiger partial charge in [-0.15, -0.1) is 6.58 Å². The molecular weight excluding hydrogens is 172 g/mol. The summed E-state index contributed by atoms with van der Waals surface area (Å²) in [7, 11) is 4.34. The lowest BCUT2D eigenvalue weighted by Crippen LogP contribution is -2.45. The highest BCUT2D eigenvalue weighted by Crippen LogP contribution is 2.38. The maximum atomic E-state index is 3.92. The van der Waals surface area contributed by atoms with Gasteiger partial charge in [0, 0.05) is 18.1 Å². The highest BCUT2D eigenvalue weighted by molar-refractivity contribution is 5.00. The van der Waals surface area contributed by atoms with E-state index >= 15 is 0 Å². The van der Waals surface area contributed by atoms with Crippen molar-refractivity contribution in [3.8, 4) is 0 Å². The van der Waals surface area contributed by atoms with Crippen molar-refractivity contribution in [2.75, 3.05) is 14.1 Å². The van der Waals surface area contributed by atoms with E-state index in [0.717, 1.165) is 18.0 Å². The molecule has 0 aliphatic carbocycles. The molecule has 2 heteroatoms. The first-order chi connectivity index (χ1) is 6.76. The second-order valence-corrected chi connectivity index (χ2v) is 4.83. The Morgan fingerprint density at radius 1 is 1.36 bits per heavy atom. The van der Waals surface area contributed by atoms with Gasteiger partial charge >= 0.3 is 0 Å². The summed E-state index contributed by atoms with van der Waals surface area (Å²) in [5, 5.41) is 3.37. The van der Waals surface area contributed by atoms with Crippen molar-refractivity contribution in [3.63, 3.8) is 0 Å². The molecule has 0 amide bonds. The van der Waals surface area contributed by atoms with Gasteiger partial charge in [-0.25, -0.2) is 0 Å². The first-order valence-corrected chi connectivity index (χ1v) is 5.78. The molecule has 0 spiro atoms. The van der Waals surface area contributed by atoms with Crippen LogP contribution in [0.25, 0.3) is 0 Å². The highest BCUT2D eigenvalue weighted by atomic mass is 15.2. The number of rotatable bonds is 3. The number of nitrogens with one attached hydrogen (secondary N) is 1. The minimum absolute atomic E-state index is 0.520. The Labute approximate surface area is 87.4 Å². The summed E-state index contributed by atoms with van der Waals surface area (Å²) in [6.45, 7) is 3.92. The third kappa shape index (κ3) is 1.61. The molecule has 2 heterocycles. The lowest BCUT2D eigenvalue weighted by Gasteiger charge is -2.39. The quantitative estimate of drug-likeness (QED) is 0.687. The SMILES string of the molecule is C=CC(NC)C1CC2CCC(C1)N2C. The van der Waals surface area contributed by atoms with Gasteiger partial charge in [0.05, 0.1) is 0 Å². The van der Waals surface area contributed by atoms with Crippen LogP contribution in [-0.4, -0.2) is 37.1 Å². The largest absolute Gasteiger partial charge is 0.313 e. The average molecular weight is 194 g/mol. The van der Waals surface area contributed by atoms with Crippen LogP contribution in [0, 0.1) is 5.92 Å². The topological polar surface area (TPSA) is 15.3 Å². The number of hydrogen-bond donors (Lipinski definition) is 1. The van der Waals surface area contributed by atoms with Gasteiger partial charge in [-0.1, -0.05) is 6.08 Å². The fourth-order valence-corrected chi connectivity index (χ4v) is 3.29. The summed E-state index contributed by atoms with van der Waals surface area (Å²) in [6, 6.07) is 2.20. The number of nitrogens with zero attached hydrogens (tertiary/aromatic N) is 1. The molecule has 2 fully saturated rings. The molecule has 0 radical (unpaired) electrons. The van der Waals surface area contributed by atoms with Gasteiger partial charge in [-0.05, 0) is 45.7 Å². The van der Waals surface area contributed by atoms with E-state index in [-0.39, 0.29) is 0 Å². The fourth-order valence-electron chi connectivity index (χ4n) is 3.29. The van der Waals surface area contributed by atoms with Gasteiger partial charge < -0.3 is 10.2 Å². The van der Waals surface area contributed by atoms with E-state index in [0.29, 0.717) is 6.04 Å². The monoisotopic (exact) mass is 194 g/mol. The van der Waals surface area contributed by atoms with Crippen LogP contribution in [0.2, 0.25) is 0 Å². The Hall–Kier alpha value is -0.340. The number of fused-ring (bicyclic) bond motifs is 2. The van der Waals surface area contributed by atoms with Gasteiger partial charge in [-0.2, -0.15) is 0 Å². The van der Waals surface area contributed by atoms with Crippen LogP contribution in [0.4, 0.5) is 0 Å². The third-order valence-corrected chi connectivity index (χ3v) is 4.23. The zero-order chi connectivity index (χ0) is 10.1. The summed E-state index contributed by atoms with van der Waals surface area (Å²) < 4.78 is 0. The number of hydrogen-bond acceptors (Lipinski definition) is 2. The molecule has 0 aromatic rings. The molecule has 3 atom stereocenters. The van der Waals surface area contributed by atoms with Crippen molar-refractivity contribution in [3.05, 3.63) is 12.7 Å². The fraction of sp³-hybridized carbons (Fsp3) is 0.833. The van der Waals surface area contributed by atoms with E-state index in [1.165, 1.54) is 25.7 Å². The molecule has 0 saturated carbocycles. The van der Waals surface area contributed by atoms with Crippen molar-refractivity contribution in [2.24, 2.45) is 5.92 Å². The van der Waals surface area contributed by atoms with Gasteiger partial charge in [0.2, 0.25) is 0 Å². The van der Waals surface area contributed by atoms with Crippen LogP contribution >= 0.6 is 0 Å². The molecule has 0 aromatic heterocycles. The summed E-state index contributed by atoms with van der Waals surface area (Å²) in [5.74, 6) is 0.811. The number of likely N-dealkylation sites (N-methyl/N-ethyl adjacent to an activating group) is 1. The van der Waals surface area contributed by atoms with Crippen molar-refractivity contribution < 1.29 is 0 Å². The third-order valence-electron chi connectivity index (χ3n) is 4.23. The van der Waals surface area contributed by atoms with Crippen molar-refractivity contribution in [2.45, 2.75) is 43.8 Å². The second-order valence-electron chi connectivity index (χ2n) is 4.83. The molecule has 2 aliphatic rings. The average Bonchev–Trinajstić information content (AvgIpc) is 2.42. The summed E-state index contributed by atoms with van der Waals surface area (Å²) in [4.78, 5) is 2.59. The molecule has 14 heavy (non-hydrogen) atoms. The smallest absolute Gasteiger partial charge is 0.0274 e. The van der Waals surface area contributed by atoms with Crippen LogP contribution in [0.15, 0.2) is 12.7 Å². The van der Waals surface area contributed by atoms with Gasteiger partial charge in [0.15, 0.2) is 0 Å². The second kappa shape index (κ2) is 4.03. The summed E-state index contributed by atoms with van der Waals surface area (Å²) in [6.07, 6.45) is 7.60. The molecule has 1 N–H and O–H groups in total. The van der Waals surface area contributed by atoms with Gasteiger partial charge in [0.1, 0.15) is 0 Å². The van der Waals surface area contributed by atoms with Crippen LogP contribution < -0.4 is 5.32 Å². The highest BCUT2D eigenvalue weighted by Gasteiger charge is 2.39. The van der Waals surface area contributed by atoms with Crippen LogP contribution in [0.1, 0.15) is 25.7 Å². The number of piperidine rings is 1. The van der Waals surface area contributed by atoms with E-state index in [1.54, 1.807) is 0 Å². The predicted octanol–water partition coefficient (Wildman–Crippen LogP) is 1.63. The van der Waals surface area contributed by atoms with Crippen LogP contribution in [-0.2, 0) is 0 Å². The van der Waals surface area contributed by atoms with Crippen LogP contribution in [0.3, 0.4) is 0 Å². The van der Waals surface area contributed by atoms with Gasteiger partial charge in [-0.3, -0.25) is 0 Å². The Morgan fingerprint density at radius 3 is 2.36 bits per heavy atom. The normalized spacial score (nSPS) is 39.7. The lowest BCUT2D eigenvalue weighted by molar-refractivity contribution is 0.123. The Kier molecular flexibility index (Phi) is 2.93. The first-order valence-electron chi connectivity index (χ1n) is 5.78. The van der Waals surface area contributed by atoms with Crippen LogP contribution in [0.5, 0.6) is 0 Å². The molecule has 2 nitrogen and oxygen atoms in total. The van der Waals surface area contributed by atoms with E-state index < -0.39 is 0 Å². The predicted molar refractivity (Wildman–Crippen MR) is 60.3 cm³/mol. The molecule has 2 rings (SSSR count). The minimum Gasteiger partial charge on any atom is -0.313 e.